The maximum absolute atomic E-state index is 8.85. The monoisotopic (exact) mass is 592 g/mol. The molecule has 0 bridgehead atoms. The molecule has 0 aliphatic rings. The van der Waals surface area contributed by atoms with Crippen LogP contribution in [0.2, 0.25) is 0 Å². The van der Waals surface area contributed by atoms with Gasteiger partial charge in [0.1, 0.15) is 0 Å². The second kappa shape index (κ2) is 12.9. The van der Waals surface area contributed by atoms with Crippen molar-refractivity contribution in [3.63, 3.8) is 0 Å². The van der Waals surface area contributed by atoms with E-state index in [4.69, 9.17) is 51.9 Å². The molecule has 0 spiro atoms. The Balaban J connectivity index is -0.0000000533. The summed E-state index contributed by atoms with van der Waals surface area (Å²) in [4.78, 5) is 0. The smallest absolute Gasteiger partial charge is 0.156 e. The summed E-state index contributed by atoms with van der Waals surface area (Å²) in [7, 11) is -17.7. The third-order valence-corrected chi connectivity index (χ3v) is 0. The molecule has 0 rings (SSSR count). The molecule has 16 nitrogen and oxygen atoms in total. The fourth-order valence-corrected chi connectivity index (χ4v) is 0. The second-order valence-corrected chi connectivity index (χ2v) is 5.91. The minimum atomic E-state index is -4.42. The van der Waals surface area contributed by atoms with Crippen molar-refractivity contribution in [2.75, 3.05) is 0 Å². The third kappa shape index (κ3) is 42700. The maximum Gasteiger partial charge on any atom is 0.156 e. The predicted octanol–water partition coefficient (Wildman–Crippen LogP) is -6.76. The second-order valence-electron chi connectivity index (χ2n) is 1.97. The van der Waals surface area contributed by atoms with Crippen LogP contribution in [0.4, 0.5) is 0 Å². The molecule has 0 heterocycles. The van der Waals surface area contributed by atoms with Gasteiger partial charge in [-0.2, -0.15) is 0 Å². The Kier molecular flexibility index (Phi) is 20.3. The van der Waals surface area contributed by atoms with E-state index in [0.717, 1.165) is 0 Å². The first kappa shape index (κ1) is 33.1. The Hall–Kier alpha value is 0.402. The molecule has 0 unspecified atom stereocenters. The molecule has 0 aromatic heterocycles. The molecule has 21 heteroatoms. The zero-order valence-electron chi connectivity index (χ0n) is 9.34. The predicted molar refractivity (Wildman–Crippen MR) is 61.3 cm³/mol. The maximum atomic E-state index is 8.85. The standard InChI is InChI=1S/4H3NO3S.Pb/c4*1-5(2,3)4;/h4*(H3,1,2,3,4);/p-4. The van der Waals surface area contributed by atoms with Crippen molar-refractivity contribution in [2.24, 2.45) is 20.6 Å². The molecule has 0 fully saturated rings. The summed E-state index contributed by atoms with van der Waals surface area (Å²) >= 11 is 0. The van der Waals surface area contributed by atoms with Gasteiger partial charge in [-0.1, -0.05) is 0 Å². The summed E-state index contributed by atoms with van der Waals surface area (Å²) in [6.07, 6.45) is 0. The van der Waals surface area contributed by atoms with E-state index in [1.807, 2.05) is 0 Å². The first-order valence-electron chi connectivity index (χ1n) is 2.94. The van der Waals surface area contributed by atoms with E-state index in [2.05, 4.69) is 20.6 Å². The van der Waals surface area contributed by atoms with Crippen LogP contribution in [0, 0.1) is 0 Å². The van der Waals surface area contributed by atoms with Gasteiger partial charge >= 0.3 is 0 Å². The molecule has 132 valence electrons. The first-order chi connectivity index (χ1) is 8.00. The van der Waals surface area contributed by atoms with Gasteiger partial charge in [0.2, 0.25) is 0 Å². The van der Waals surface area contributed by atoms with E-state index < -0.39 is 41.2 Å². The summed E-state index contributed by atoms with van der Waals surface area (Å²) < 4.78 is 106. The molecular formula is H8N4O12PbS4-4. The molecule has 0 saturated heterocycles. The summed E-state index contributed by atoms with van der Waals surface area (Å²) in [6.45, 7) is 0. The van der Waals surface area contributed by atoms with Crippen LogP contribution >= 0.6 is 0 Å². The number of nitrogens with two attached hydrogens (primary N) is 4. The number of hydrogen-bond acceptors (Lipinski definition) is 12. The number of hydrogen-bond donors (Lipinski definition) is 4. The fourth-order valence-electron chi connectivity index (χ4n) is 0. The Morgan fingerprint density at radius 1 is 0.429 bits per heavy atom. The molecule has 0 atom stereocenters. The minimum absolute atomic E-state index is 0. The Bertz CT molecular complexity index is 486. The summed E-state index contributed by atoms with van der Waals surface area (Å²) in [5, 5.41) is 15.1. The van der Waals surface area contributed by atoms with E-state index in [1.165, 1.54) is 0 Å². The van der Waals surface area contributed by atoms with Gasteiger partial charge in [0, 0.05) is 27.3 Å². The summed E-state index contributed by atoms with van der Waals surface area (Å²) in [6, 6.07) is 0. The largest absolute Gasteiger partial charge is 0.736 e. The van der Waals surface area contributed by atoms with E-state index in [-0.39, 0.29) is 27.3 Å². The van der Waals surface area contributed by atoms with Crippen LogP contribution < -0.4 is 20.6 Å². The zero-order chi connectivity index (χ0) is 18.0. The van der Waals surface area contributed by atoms with Gasteiger partial charge in [-0.25, -0.2) is 54.2 Å². The quantitative estimate of drug-likeness (QED) is 0.151. The van der Waals surface area contributed by atoms with Gasteiger partial charge in [0.25, 0.3) is 0 Å². The van der Waals surface area contributed by atoms with Crippen molar-refractivity contribution in [1.29, 1.82) is 0 Å². The normalized spacial score (nSPS) is 11.0. The van der Waals surface area contributed by atoms with Crippen LogP contribution in [0.15, 0.2) is 0 Å². The van der Waals surface area contributed by atoms with Crippen molar-refractivity contribution in [3.05, 3.63) is 0 Å². The van der Waals surface area contributed by atoms with Crippen LogP contribution in [0.3, 0.4) is 0 Å². The van der Waals surface area contributed by atoms with Crippen LogP contribution in [0.25, 0.3) is 0 Å². The minimum Gasteiger partial charge on any atom is -0.736 e. The van der Waals surface area contributed by atoms with E-state index >= 15 is 0 Å². The Morgan fingerprint density at radius 2 is 0.429 bits per heavy atom. The van der Waals surface area contributed by atoms with E-state index in [9.17, 15) is 0 Å². The molecule has 4 radical (unpaired) electrons. The van der Waals surface area contributed by atoms with Gasteiger partial charge in [0.15, 0.2) is 41.2 Å². The van der Waals surface area contributed by atoms with Crippen molar-refractivity contribution in [3.8, 4) is 0 Å². The van der Waals surface area contributed by atoms with Gasteiger partial charge in [-0.15, -0.1) is 0 Å². The zero-order valence-corrected chi connectivity index (χ0v) is 16.5. The van der Waals surface area contributed by atoms with Crippen molar-refractivity contribution in [1.82, 2.24) is 0 Å². The molecule has 0 aliphatic carbocycles. The van der Waals surface area contributed by atoms with Crippen LogP contribution in [0.1, 0.15) is 0 Å². The molecule has 0 aromatic carbocycles. The molecule has 0 saturated carbocycles. The third-order valence-electron chi connectivity index (χ3n) is 0. The van der Waals surface area contributed by atoms with E-state index in [0.29, 0.717) is 0 Å². The molecule has 0 aromatic rings. The van der Waals surface area contributed by atoms with Crippen LogP contribution in [0.5, 0.6) is 0 Å². The average Bonchev–Trinajstić information content (AvgIpc) is 1.62. The fraction of sp³-hybridized carbons (Fsp3) is 0. The Morgan fingerprint density at radius 3 is 0.429 bits per heavy atom. The molecule has 0 amide bonds. The van der Waals surface area contributed by atoms with E-state index in [1.54, 1.807) is 0 Å². The van der Waals surface area contributed by atoms with Gasteiger partial charge in [-0.05, 0) is 0 Å². The van der Waals surface area contributed by atoms with Crippen molar-refractivity contribution in [2.45, 2.75) is 0 Å². The molecule has 8 N–H and O–H groups in total. The molecule has 21 heavy (non-hydrogen) atoms. The van der Waals surface area contributed by atoms with Gasteiger partial charge < -0.3 is 18.2 Å². The first-order valence-corrected chi connectivity index (χ1v) is 8.83. The van der Waals surface area contributed by atoms with Crippen molar-refractivity contribution < 1.29 is 51.9 Å². The van der Waals surface area contributed by atoms with Gasteiger partial charge in [0.05, 0.1) is 0 Å². The van der Waals surface area contributed by atoms with Crippen molar-refractivity contribution >= 4 is 68.5 Å². The Labute approximate surface area is 140 Å². The average molecular weight is 592 g/mol. The van der Waals surface area contributed by atoms with Crippen LogP contribution in [-0.4, -0.2) is 79.2 Å². The molecular weight excluding hydrogens is 583 g/mol. The summed E-state index contributed by atoms with van der Waals surface area (Å²) in [5.41, 5.74) is 0. The van der Waals surface area contributed by atoms with Crippen LogP contribution in [-0.2, 0) is 41.2 Å². The number of rotatable bonds is 0. The van der Waals surface area contributed by atoms with Gasteiger partial charge in [-0.3, -0.25) is 0 Å². The molecule has 0 aliphatic heterocycles. The summed E-state index contributed by atoms with van der Waals surface area (Å²) in [5.74, 6) is 0. The topological polar surface area (TPSA) is 333 Å². The SMILES string of the molecule is NS(=O)(=O)[O-].NS(=O)(=O)[O-].NS(=O)(=O)[O-].NS(=O)(=O)[O-].[Pb].